The monoisotopic (exact) mass is 689 g/mol. The molecule has 0 spiro atoms. The number of nitrogens with one attached hydrogen (secondary N) is 1. The second kappa shape index (κ2) is 35.1. The molecule has 0 fully saturated rings. The van der Waals surface area contributed by atoms with Crippen molar-refractivity contribution in [1.29, 1.82) is 0 Å². The van der Waals surface area contributed by atoms with Crippen LogP contribution in [0.4, 0.5) is 0 Å². The first-order valence-corrected chi connectivity index (χ1v) is 16.5. The van der Waals surface area contributed by atoms with Gasteiger partial charge in [-0.05, 0) is 25.7 Å². The minimum atomic E-state index is -1.61. The molecular formula is C32H59N2NiO10. The van der Waals surface area contributed by atoms with Crippen LogP contribution >= 0.6 is 0 Å². The molecule has 12 nitrogen and oxygen atoms in total. The number of carboxylic acids is 3. The summed E-state index contributed by atoms with van der Waals surface area (Å²) < 4.78 is 10.9. The Morgan fingerprint density at radius 3 is 1.51 bits per heavy atom. The average molecular weight is 691 g/mol. The molecule has 1 atom stereocenters. The predicted molar refractivity (Wildman–Crippen MR) is 162 cm³/mol. The molecule has 0 aliphatic carbocycles. The van der Waals surface area contributed by atoms with Crippen molar-refractivity contribution in [3.05, 3.63) is 0 Å². The van der Waals surface area contributed by atoms with Crippen LogP contribution in [-0.2, 0) is 45.1 Å². The summed E-state index contributed by atoms with van der Waals surface area (Å²) in [5.41, 5.74) is 0. The molecule has 267 valence electrons. The van der Waals surface area contributed by atoms with Crippen LogP contribution in [0.2, 0.25) is 0 Å². The van der Waals surface area contributed by atoms with Crippen molar-refractivity contribution in [3.63, 3.8) is 0 Å². The number of amides is 1. The fraction of sp³-hybridized carbons (Fsp3) is 0.875. The molecule has 1 radical (unpaired) electrons. The predicted octanol–water partition coefficient (Wildman–Crippen LogP) is 0.661. The Balaban J connectivity index is -0.00000882. The fourth-order valence-electron chi connectivity index (χ4n) is 4.94. The molecule has 0 aromatic rings. The van der Waals surface area contributed by atoms with Gasteiger partial charge in [-0.3, -0.25) is 9.69 Å². The van der Waals surface area contributed by atoms with Crippen molar-refractivity contribution >= 4 is 23.8 Å². The molecule has 0 aromatic heterocycles. The second-order valence-electron chi connectivity index (χ2n) is 11.3. The first-order valence-electron chi connectivity index (χ1n) is 16.5. The van der Waals surface area contributed by atoms with E-state index in [1.807, 2.05) is 0 Å². The van der Waals surface area contributed by atoms with E-state index >= 15 is 0 Å². The summed E-state index contributed by atoms with van der Waals surface area (Å²) in [5, 5.41) is 35.6. The number of nitrogens with zero attached hydrogens (tertiary/aromatic N) is 1. The molecule has 13 heteroatoms. The van der Waals surface area contributed by atoms with Crippen molar-refractivity contribution < 1.29 is 65.9 Å². The van der Waals surface area contributed by atoms with E-state index in [2.05, 4.69) is 12.2 Å². The Kier molecular flexibility index (Phi) is 37.1. The summed E-state index contributed by atoms with van der Waals surface area (Å²) in [6, 6.07) is -1.42. The number of carboxylic acid groups (broad SMARTS) is 3. The number of carbonyl (C=O) groups excluding carboxylic acids is 4. The molecule has 0 saturated carbocycles. The largest absolute Gasteiger partial charge is 3.00 e. The normalized spacial score (nSPS) is 11.4. The van der Waals surface area contributed by atoms with Crippen LogP contribution in [0.5, 0.6) is 0 Å². The van der Waals surface area contributed by atoms with Gasteiger partial charge in [-0.2, -0.15) is 0 Å². The van der Waals surface area contributed by atoms with Crippen LogP contribution in [0.25, 0.3) is 0 Å². The average Bonchev–Trinajstić information content (AvgIpc) is 2.94. The number of aliphatic carboxylic acids is 3. The van der Waals surface area contributed by atoms with E-state index in [0.717, 1.165) is 17.7 Å². The first-order chi connectivity index (χ1) is 20.8. The van der Waals surface area contributed by atoms with Crippen LogP contribution in [0, 0.1) is 0 Å². The minimum Gasteiger partial charge on any atom is -0.549 e. The van der Waals surface area contributed by atoms with Crippen molar-refractivity contribution in [3.8, 4) is 0 Å². The third-order valence-electron chi connectivity index (χ3n) is 7.35. The summed E-state index contributed by atoms with van der Waals surface area (Å²) in [5.74, 6) is -5.11. The topological polar surface area (TPSA) is 203 Å². The summed E-state index contributed by atoms with van der Waals surface area (Å²) in [6.45, 7) is 2.08. The Hall–Kier alpha value is -1.79. The van der Waals surface area contributed by atoms with E-state index in [0.29, 0.717) is 32.7 Å². The van der Waals surface area contributed by atoms with Crippen molar-refractivity contribution in [2.75, 3.05) is 46.1 Å². The summed E-state index contributed by atoms with van der Waals surface area (Å²) in [6.07, 6.45) is 21.9. The maximum absolute atomic E-state index is 11.9. The van der Waals surface area contributed by atoms with Crippen molar-refractivity contribution in [2.24, 2.45) is 0 Å². The van der Waals surface area contributed by atoms with Gasteiger partial charge in [0, 0.05) is 26.2 Å². The Morgan fingerprint density at radius 1 is 0.622 bits per heavy atom. The van der Waals surface area contributed by atoms with Gasteiger partial charge in [-0.1, -0.05) is 103 Å². The molecule has 0 aromatic carbocycles. The SMILES string of the molecule is CCCCCCCCCCCCCCCCCCOCCOCC(=O)NCCCC[C@@H](C(=O)[O-])N(CC(=O)[O-])CC(=O)[O-].O.[Ni+3]. The molecule has 3 N–H and O–H groups in total. The van der Waals surface area contributed by atoms with Gasteiger partial charge in [0.1, 0.15) is 6.61 Å². The zero-order chi connectivity index (χ0) is 32.0. The molecule has 0 unspecified atom stereocenters. The molecule has 0 aliphatic heterocycles. The first kappa shape index (κ1) is 47.6. The van der Waals surface area contributed by atoms with E-state index < -0.39 is 37.0 Å². The number of rotatable bonds is 33. The van der Waals surface area contributed by atoms with Gasteiger partial charge >= 0.3 is 16.5 Å². The van der Waals surface area contributed by atoms with E-state index in [1.54, 1.807) is 0 Å². The van der Waals surface area contributed by atoms with Crippen LogP contribution in [0.15, 0.2) is 0 Å². The van der Waals surface area contributed by atoms with E-state index in [-0.39, 0.29) is 47.4 Å². The fourth-order valence-corrected chi connectivity index (χ4v) is 4.94. The van der Waals surface area contributed by atoms with Crippen LogP contribution in [0.1, 0.15) is 129 Å². The number of carbonyl (C=O) groups is 4. The maximum Gasteiger partial charge on any atom is 3.00 e. The van der Waals surface area contributed by atoms with Crippen LogP contribution in [0.3, 0.4) is 0 Å². The third-order valence-corrected chi connectivity index (χ3v) is 7.35. The Labute approximate surface area is 280 Å². The third kappa shape index (κ3) is 33.4. The Morgan fingerprint density at radius 2 is 1.07 bits per heavy atom. The molecule has 0 heterocycles. The van der Waals surface area contributed by atoms with Gasteiger partial charge in [0.05, 0.1) is 37.2 Å². The maximum atomic E-state index is 11.9. The van der Waals surface area contributed by atoms with E-state index in [1.165, 1.54) is 89.9 Å². The molecule has 0 aliphatic rings. The zero-order valence-electron chi connectivity index (χ0n) is 27.4. The number of unbranched alkanes of at least 4 members (excludes halogenated alkanes) is 16. The molecule has 1 amide bonds. The van der Waals surface area contributed by atoms with Gasteiger partial charge in [0.15, 0.2) is 0 Å². The van der Waals surface area contributed by atoms with E-state index in [9.17, 15) is 34.5 Å². The number of hydrogen-bond donors (Lipinski definition) is 1. The summed E-state index contributed by atoms with van der Waals surface area (Å²) >= 11 is 0. The second-order valence-corrected chi connectivity index (χ2v) is 11.3. The molecular weight excluding hydrogens is 631 g/mol. The molecule has 0 bridgehead atoms. The molecule has 0 rings (SSSR count). The Bertz CT molecular complexity index is 714. The smallest absolute Gasteiger partial charge is 0.549 e. The quantitative estimate of drug-likeness (QED) is 0.0753. The van der Waals surface area contributed by atoms with Gasteiger partial charge in [0.2, 0.25) is 5.91 Å². The van der Waals surface area contributed by atoms with E-state index in [4.69, 9.17) is 9.47 Å². The number of ether oxygens (including phenoxy) is 2. The van der Waals surface area contributed by atoms with Gasteiger partial charge in [-0.15, -0.1) is 0 Å². The zero-order valence-corrected chi connectivity index (χ0v) is 28.4. The van der Waals surface area contributed by atoms with Gasteiger partial charge in [-0.25, -0.2) is 0 Å². The van der Waals surface area contributed by atoms with Crippen molar-refractivity contribution in [1.82, 2.24) is 10.2 Å². The van der Waals surface area contributed by atoms with Crippen molar-refractivity contribution in [2.45, 2.75) is 135 Å². The van der Waals surface area contributed by atoms with Gasteiger partial charge in [0.25, 0.3) is 0 Å². The summed E-state index contributed by atoms with van der Waals surface area (Å²) in [4.78, 5) is 45.6. The minimum absolute atomic E-state index is 0. The van der Waals surface area contributed by atoms with Crippen LogP contribution < -0.4 is 20.6 Å². The summed E-state index contributed by atoms with van der Waals surface area (Å²) in [7, 11) is 0. The standard InChI is InChI=1S/C32H60N2O9.Ni.H2O/c1-2-3-4-5-6-7-8-9-10-11-12-13-14-15-16-19-22-42-23-24-43-27-29(35)33-21-18-17-20-28(32(40)41)34(25-30(36)37)26-31(38)39;;/h28H,2-27H2,1H3,(H,33,35)(H,36,37)(H,38,39)(H,40,41);;1H2/q;+3;/p-3/t28-;;/m0../s1. The molecule has 45 heavy (non-hydrogen) atoms. The van der Waals surface area contributed by atoms with Gasteiger partial charge < -0.3 is 50.0 Å². The number of hydrogen-bond acceptors (Lipinski definition) is 10. The van der Waals surface area contributed by atoms with Crippen LogP contribution in [-0.4, -0.2) is 86.3 Å². The molecule has 0 saturated heterocycles.